The Balaban J connectivity index is 3.06. The van der Waals surface area contributed by atoms with Crippen LogP contribution in [0.4, 0.5) is 0 Å². The molecule has 0 aromatic rings. The smallest absolute Gasteiger partial charge is 0.0408 e. The van der Waals surface area contributed by atoms with E-state index in [0.29, 0.717) is 0 Å². The van der Waals surface area contributed by atoms with Gasteiger partial charge in [-0.1, -0.05) is 36.7 Å². The molecular formula is C8H16Br. The predicted molar refractivity (Wildman–Crippen MR) is 46.5 cm³/mol. The zero-order valence-corrected chi connectivity index (χ0v) is 8.16. The highest BCUT2D eigenvalue weighted by Crippen LogP contribution is 2.22. The third-order valence-corrected chi connectivity index (χ3v) is 2.33. The maximum atomic E-state index is 3.52. The quantitative estimate of drug-likeness (QED) is 0.636. The van der Waals surface area contributed by atoms with Gasteiger partial charge < -0.3 is 0 Å². The zero-order valence-electron chi connectivity index (χ0n) is 6.58. The standard InChI is InChI=1S/C8H16Br/c1-4-8(9)6-5-7(2)3/h7H,4-6H2,1-3H3. The van der Waals surface area contributed by atoms with Crippen molar-refractivity contribution in [2.45, 2.75) is 40.0 Å². The minimum absolute atomic E-state index is 0.837. The van der Waals surface area contributed by atoms with Gasteiger partial charge in [-0.25, -0.2) is 0 Å². The Morgan fingerprint density at radius 2 is 2.00 bits per heavy atom. The second kappa shape index (κ2) is 5.28. The first kappa shape index (κ1) is 9.48. The summed E-state index contributed by atoms with van der Waals surface area (Å²) in [7, 11) is 0. The van der Waals surface area contributed by atoms with Crippen LogP contribution in [0.5, 0.6) is 0 Å². The van der Waals surface area contributed by atoms with Crippen molar-refractivity contribution in [3.8, 4) is 0 Å². The number of hydrogen-bond donors (Lipinski definition) is 0. The molecule has 1 heteroatoms. The normalized spacial score (nSPS) is 11.3. The summed E-state index contributed by atoms with van der Waals surface area (Å²) in [4.78, 5) is 1.45. The van der Waals surface area contributed by atoms with E-state index in [0.717, 1.165) is 5.92 Å². The zero-order chi connectivity index (χ0) is 7.28. The van der Waals surface area contributed by atoms with Crippen molar-refractivity contribution in [2.24, 2.45) is 5.92 Å². The van der Waals surface area contributed by atoms with Gasteiger partial charge in [-0.2, -0.15) is 0 Å². The third-order valence-electron chi connectivity index (χ3n) is 1.38. The lowest BCUT2D eigenvalue weighted by atomic mass is 10.1. The van der Waals surface area contributed by atoms with Crippen molar-refractivity contribution in [3.63, 3.8) is 0 Å². The molecule has 0 unspecified atom stereocenters. The second-order valence-corrected chi connectivity index (χ2v) is 3.92. The fourth-order valence-electron chi connectivity index (χ4n) is 0.622. The average Bonchev–Trinajstić information content (AvgIpc) is 1.83. The van der Waals surface area contributed by atoms with Gasteiger partial charge in [0.2, 0.25) is 0 Å². The number of rotatable bonds is 4. The van der Waals surface area contributed by atoms with Crippen LogP contribution in [0.15, 0.2) is 0 Å². The lowest BCUT2D eigenvalue weighted by Crippen LogP contribution is -1.90. The van der Waals surface area contributed by atoms with Gasteiger partial charge in [-0.15, -0.1) is 0 Å². The lowest BCUT2D eigenvalue weighted by Gasteiger charge is -2.06. The Labute approximate surface area is 67.2 Å². The summed E-state index contributed by atoms with van der Waals surface area (Å²) in [6, 6.07) is 0. The molecule has 1 radical (unpaired) electrons. The highest BCUT2D eigenvalue weighted by molar-refractivity contribution is 9.11. The molecule has 0 saturated carbocycles. The molecule has 0 nitrogen and oxygen atoms in total. The van der Waals surface area contributed by atoms with E-state index in [9.17, 15) is 0 Å². The Morgan fingerprint density at radius 3 is 2.33 bits per heavy atom. The van der Waals surface area contributed by atoms with Gasteiger partial charge in [0.25, 0.3) is 0 Å². The molecule has 0 aliphatic carbocycles. The molecule has 0 rings (SSSR count). The minimum atomic E-state index is 0.837. The fourth-order valence-corrected chi connectivity index (χ4v) is 0.851. The van der Waals surface area contributed by atoms with Crippen molar-refractivity contribution in [1.29, 1.82) is 0 Å². The topological polar surface area (TPSA) is 0 Å². The summed E-state index contributed by atoms with van der Waals surface area (Å²) in [5.74, 6) is 0.837. The van der Waals surface area contributed by atoms with E-state index < -0.39 is 0 Å². The second-order valence-electron chi connectivity index (χ2n) is 2.80. The van der Waals surface area contributed by atoms with E-state index in [1.807, 2.05) is 0 Å². The van der Waals surface area contributed by atoms with Crippen LogP contribution in [-0.4, -0.2) is 0 Å². The molecule has 0 heterocycles. The maximum absolute atomic E-state index is 3.52. The molecule has 0 bridgehead atoms. The molecule has 0 aromatic carbocycles. The molecule has 0 N–H and O–H groups in total. The Bertz CT molecular complexity index is 59.6. The van der Waals surface area contributed by atoms with Gasteiger partial charge in [-0.3, -0.25) is 0 Å². The Morgan fingerprint density at radius 1 is 1.44 bits per heavy atom. The Kier molecular flexibility index (Phi) is 5.56. The summed E-state index contributed by atoms with van der Waals surface area (Å²) >= 11 is 3.52. The molecule has 0 aliphatic heterocycles. The van der Waals surface area contributed by atoms with Crippen molar-refractivity contribution in [1.82, 2.24) is 0 Å². The van der Waals surface area contributed by atoms with Gasteiger partial charge in [0, 0.05) is 4.83 Å². The van der Waals surface area contributed by atoms with Crippen LogP contribution in [0, 0.1) is 10.7 Å². The highest BCUT2D eigenvalue weighted by atomic mass is 79.9. The highest BCUT2D eigenvalue weighted by Gasteiger charge is 2.01. The summed E-state index contributed by atoms with van der Waals surface area (Å²) in [6.45, 7) is 6.70. The SMILES string of the molecule is CC[C](Br)CCC(C)C. The van der Waals surface area contributed by atoms with Crippen molar-refractivity contribution >= 4 is 15.9 Å². The predicted octanol–water partition coefficient (Wildman–Crippen LogP) is 3.76. The number of hydrogen-bond acceptors (Lipinski definition) is 0. The molecular weight excluding hydrogens is 176 g/mol. The molecule has 0 aliphatic rings. The maximum Gasteiger partial charge on any atom is 0.0408 e. The van der Waals surface area contributed by atoms with Gasteiger partial charge in [0.05, 0.1) is 0 Å². The average molecular weight is 192 g/mol. The van der Waals surface area contributed by atoms with Crippen LogP contribution in [0.3, 0.4) is 0 Å². The number of halogens is 1. The summed E-state index contributed by atoms with van der Waals surface area (Å²) in [5.41, 5.74) is 0. The van der Waals surface area contributed by atoms with Gasteiger partial charge in [0.15, 0.2) is 0 Å². The summed E-state index contributed by atoms with van der Waals surface area (Å²) < 4.78 is 0. The van der Waals surface area contributed by atoms with Crippen molar-refractivity contribution in [2.75, 3.05) is 0 Å². The Hall–Kier alpha value is 0.480. The van der Waals surface area contributed by atoms with Crippen LogP contribution in [0.1, 0.15) is 40.0 Å². The fraction of sp³-hybridized carbons (Fsp3) is 0.875. The molecule has 0 atom stereocenters. The lowest BCUT2D eigenvalue weighted by molar-refractivity contribution is 0.573. The molecule has 0 amide bonds. The van der Waals surface area contributed by atoms with Gasteiger partial charge in [0.1, 0.15) is 0 Å². The van der Waals surface area contributed by atoms with E-state index in [4.69, 9.17) is 0 Å². The van der Waals surface area contributed by atoms with Crippen LogP contribution < -0.4 is 0 Å². The van der Waals surface area contributed by atoms with Crippen LogP contribution in [0.2, 0.25) is 0 Å². The van der Waals surface area contributed by atoms with Crippen molar-refractivity contribution < 1.29 is 0 Å². The largest absolute Gasteiger partial charge is 0.0838 e. The monoisotopic (exact) mass is 191 g/mol. The third kappa shape index (κ3) is 6.36. The van der Waals surface area contributed by atoms with Gasteiger partial charge in [-0.05, 0) is 25.2 Å². The summed E-state index contributed by atoms with van der Waals surface area (Å²) in [5, 5.41) is 0. The van der Waals surface area contributed by atoms with Crippen molar-refractivity contribution in [3.05, 3.63) is 4.83 Å². The van der Waals surface area contributed by atoms with E-state index in [1.54, 1.807) is 0 Å². The van der Waals surface area contributed by atoms with E-state index in [1.165, 1.54) is 24.1 Å². The first-order chi connectivity index (χ1) is 4.16. The molecule has 0 fully saturated rings. The van der Waals surface area contributed by atoms with Crippen LogP contribution in [-0.2, 0) is 0 Å². The van der Waals surface area contributed by atoms with E-state index >= 15 is 0 Å². The summed E-state index contributed by atoms with van der Waals surface area (Å²) in [6.07, 6.45) is 3.73. The first-order valence-electron chi connectivity index (χ1n) is 3.67. The van der Waals surface area contributed by atoms with Crippen LogP contribution >= 0.6 is 15.9 Å². The van der Waals surface area contributed by atoms with E-state index in [2.05, 4.69) is 36.7 Å². The molecule has 0 aromatic heterocycles. The van der Waals surface area contributed by atoms with Gasteiger partial charge >= 0.3 is 0 Å². The molecule has 9 heavy (non-hydrogen) atoms. The molecule has 55 valence electrons. The molecule has 0 saturated heterocycles. The first-order valence-corrected chi connectivity index (χ1v) is 4.46. The minimum Gasteiger partial charge on any atom is -0.0838 e. The van der Waals surface area contributed by atoms with Crippen LogP contribution in [0.25, 0.3) is 0 Å². The van der Waals surface area contributed by atoms with E-state index in [-0.39, 0.29) is 0 Å². The molecule has 0 spiro atoms.